The molecule has 0 radical (unpaired) electrons. The topological polar surface area (TPSA) is 214 Å². The zero-order valence-electron chi connectivity index (χ0n) is 34.2. The Kier molecular flexibility index (Phi) is 10.8. The van der Waals surface area contributed by atoms with Crippen molar-refractivity contribution in [1.29, 1.82) is 0 Å². The van der Waals surface area contributed by atoms with Crippen molar-refractivity contribution in [2.75, 3.05) is 99.1 Å². The number of hydrogen-bond acceptors (Lipinski definition) is 14. The molecule has 0 aliphatic carbocycles. The molecular formula is C41H47F2N13O6. The van der Waals surface area contributed by atoms with Crippen LogP contribution in [-0.2, 0) is 9.59 Å². The lowest BCUT2D eigenvalue weighted by atomic mass is 10.0. The van der Waals surface area contributed by atoms with Gasteiger partial charge >= 0.3 is 6.03 Å². The average Bonchev–Trinajstić information content (AvgIpc) is 3.92. The van der Waals surface area contributed by atoms with Crippen molar-refractivity contribution in [3.05, 3.63) is 58.8 Å². The number of imide groups is 2. The zero-order chi connectivity index (χ0) is 43.4. The minimum absolute atomic E-state index is 0.00732. The number of carbonyl (C=O) groups excluding carboxylic acids is 6. The normalized spacial score (nSPS) is 23.5. The fourth-order valence-corrected chi connectivity index (χ4v) is 9.54. The van der Waals surface area contributed by atoms with Gasteiger partial charge in [-0.1, -0.05) is 0 Å². The van der Waals surface area contributed by atoms with E-state index in [0.717, 1.165) is 36.8 Å². The molecular weight excluding hydrogens is 809 g/mol. The molecule has 2 aromatic carbocycles. The molecule has 7 heterocycles. The smallest absolute Gasteiger partial charge is 0.320 e. The highest BCUT2D eigenvalue weighted by atomic mass is 19.1. The van der Waals surface area contributed by atoms with Gasteiger partial charge in [-0.05, 0) is 61.9 Å². The molecule has 19 nitrogen and oxygen atoms in total. The molecule has 4 N–H and O–H groups in total. The lowest BCUT2D eigenvalue weighted by Crippen LogP contribution is -2.54. The number of halogens is 2. The molecule has 1 aromatic heterocycles. The summed E-state index contributed by atoms with van der Waals surface area (Å²) < 4.78 is 31.3. The number of anilines is 5. The molecule has 6 aliphatic heterocycles. The minimum Gasteiger partial charge on any atom is -0.369 e. The number of carbonyl (C=O) groups is 6. The van der Waals surface area contributed by atoms with Crippen LogP contribution in [0.2, 0.25) is 0 Å². The minimum atomic E-state index is -1.13. The Morgan fingerprint density at radius 3 is 2.29 bits per heavy atom. The zero-order valence-corrected chi connectivity index (χ0v) is 34.2. The van der Waals surface area contributed by atoms with E-state index in [2.05, 4.69) is 30.7 Å². The monoisotopic (exact) mass is 855 g/mol. The molecule has 21 heteroatoms. The first kappa shape index (κ1) is 40.9. The number of amides is 7. The number of primary amides is 1. The molecule has 326 valence electrons. The molecule has 6 aliphatic rings. The van der Waals surface area contributed by atoms with Crippen LogP contribution in [0.3, 0.4) is 0 Å². The number of urea groups is 1. The first-order chi connectivity index (χ1) is 29.8. The molecule has 9 rings (SSSR count). The highest BCUT2D eigenvalue weighted by Crippen LogP contribution is 2.35. The predicted octanol–water partition coefficient (Wildman–Crippen LogP) is 1.38. The number of rotatable bonds is 10. The van der Waals surface area contributed by atoms with Crippen LogP contribution in [0.4, 0.5) is 42.4 Å². The van der Waals surface area contributed by atoms with Gasteiger partial charge < -0.3 is 35.6 Å². The Balaban J connectivity index is 0.795. The van der Waals surface area contributed by atoms with E-state index in [-0.39, 0.29) is 65.1 Å². The summed E-state index contributed by atoms with van der Waals surface area (Å²) in [4.78, 5) is 92.6. The summed E-state index contributed by atoms with van der Waals surface area (Å²) in [5, 5.41) is 13.4. The van der Waals surface area contributed by atoms with Gasteiger partial charge in [0.15, 0.2) is 11.5 Å². The van der Waals surface area contributed by atoms with Crippen molar-refractivity contribution in [2.24, 2.45) is 11.7 Å². The number of piperidine rings is 2. The fraction of sp³-hybridized carbons (Fsp3) is 0.488. The van der Waals surface area contributed by atoms with Crippen LogP contribution in [0.1, 0.15) is 63.3 Å². The Morgan fingerprint density at radius 2 is 1.58 bits per heavy atom. The van der Waals surface area contributed by atoms with E-state index in [1.165, 1.54) is 12.1 Å². The predicted molar refractivity (Wildman–Crippen MR) is 220 cm³/mol. The second kappa shape index (κ2) is 16.4. The molecule has 0 saturated carbocycles. The average molecular weight is 856 g/mol. The van der Waals surface area contributed by atoms with Crippen LogP contribution in [0.25, 0.3) is 0 Å². The second-order valence-electron chi connectivity index (χ2n) is 16.8. The SMILES string of the molecule is CN1CCN([C@@H]2CCCN(c3nnc(C(N)=O)c(Nc4ccc(N5CCN(CC6CCN(c7cc8c(cc7F)C(=O)N(C7CCC(=O)NC7=O)C8=O)C6)CC5)c(F)c4)n3)C2)C1=O. The molecule has 3 atom stereocenters. The summed E-state index contributed by atoms with van der Waals surface area (Å²) in [7, 11) is 1.78. The molecule has 7 amide bonds. The Hall–Kier alpha value is -6.51. The van der Waals surface area contributed by atoms with Crippen LogP contribution in [-0.4, -0.2) is 161 Å². The first-order valence-electron chi connectivity index (χ1n) is 21.0. The van der Waals surface area contributed by atoms with Gasteiger partial charge in [0.1, 0.15) is 17.7 Å². The highest BCUT2D eigenvalue weighted by molar-refractivity contribution is 6.23. The van der Waals surface area contributed by atoms with E-state index >= 15 is 8.78 Å². The van der Waals surface area contributed by atoms with Gasteiger partial charge in [-0.15, -0.1) is 10.2 Å². The van der Waals surface area contributed by atoms with Crippen molar-refractivity contribution >= 4 is 64.4 Å². The summed E-state index contributed by atoms with van der Waals surface area (Å²) in [5.41, 5.74) is 6.36. The van der Waals surface area contributed by atoms with E-state index in [9.17, 15) is 28.8 Å². The van der Waals surface area contributed by atoms with Crippen molar-refractivity contribution < 1.29 is 37.5 Å². The molecule has 5 saturated heterocycles. The van der Waals surface area contributed by atoms with E-state index in [0.29, 0.717) is 76.8 Å². The number of hydrogen-bond donors (Lipinski definition) is 3. The largest absolute Gasteiger partial charge is 0.369 e. The Bertz CT molecular complexity index is 2360. The molecule has 0 spiro atoms. The standard InChI is InChI=1S/C41H47F2N13O6/c1-50-11-16-55(41(50)62)25-3-2-9-54(22-25)40-47-36(34(35(44)58)48-49-40)45-24-4-5-30(28(42)17-24)52-14-12-51(13-15-52)20-23-8-10-53(21-23)32-19-27-26(18-29(32)43)38(60)56(39(27)61)31-6-7-33(57)46-37(31)59/h4-5,17-19,23,25,31H,2-3,6-16,20-22H2,1H3,(H2,44,58)(H,45,47,49)(H,46,57,59)/t23?,25-,31?/m1/s1. The summed E-state index contributed by atoms with van der Waals surface area (Å²) in [6.45, 7) is 6.77. The quantitative estimate of drug-likeness (QED) is 0.246. The van der Waals surface area contributed by atoms with Gasteiger partial charge in [0.05, 0.1) is 28.5 Å². The van der Waals surface area contributed by atoms with Crippen LogP contribution in [0.15, 0.2) is 30.3 Å². The van der Waals surface area contributed by atoms with Gasteiger partial charge in [0, 0.05) is 91.1 Å². The third-order valence-corrected chi connectivity index (χ3v) is 12.9. The Morgan fingerprint density at radius 1 is 0.823 bits per heavy atom. The third-order valence-electron chi connectivity index (χ3n) is 12.9. The van der Waals surface area contributed by atoms with Crippen molar-refractivity contribution in [2.45, 2.75) is 44.2 Å². The lowest BCUT2D eigenvalue weighted by molar-refractivity contribution is -0.136. The number of nitrogens with one attached hydrogen (secondary N) is 2. The summed E-state index contributed by atoms with van der Waals surface area (Å²) >= 11 is 0. The maximum absolute atomic E-state index is 15.8. The second-order valence-corrected chi connectivity index (χ2v) is 16.8. The Labute approximate surface area is 355 Å². The summed E-state index contributed by atoms with van der Waals surface area (Å²) in [6, 6.07) is 6.01. The number of benzene rings is 2. The van der Waals surface area contributed by atoms with E-state index in [4.69, 9.17) is 5.73 Å². The van der Waals surface area contributed by atoms with Gasteiger partial charge in [-0.2, -0.15) is 4.98 Å². The molecule has 3 aromatic rings. The number of piperazine rings is 1. The van der Waals surface area contributed by atoms with Crippen LogP contribution in [0, 0.1) is 17.6 Å². The van der Waals surface area contributed by atoms with Gasteiger partial charge in [0.25, 0.3) is 17.7 Å². The molecule has 2 unspecified atom stereocenters. The number of likely N-dealkylation sites (N-methyl/N-ethyl adjacent to an activating group) is 1. The van der Waals surface area contributed by atoms with Crippen LogP contribution >= 0.6 is 0 Å². The van der Waals surface area contributed by atoms with E-state index in [1.54, 1.807) is 24.1 Å². The molecule has 0 bridgehead atoms. The van der Waals surface area contributed by atoms with Gasteiger partial charge in [0.2, 0.25) is 17.8 Å². The first-order valence-corrected chi connectivity index (χ1v) is 21.0. The number of fused-ring (bicyclic) bond motifs is 1. The molecule has 5 fully saturated rings. The molecule has 62 heavy (non-hydrogen) atoms. The number of nitrogens with two attached hydrogens (primary N) is 1. The van der Waals surface area contributed by atoms with Crippen molar-refractivity contribution in [3.63, 3.8) is 0 Å². The summed E-state index contributed by atoms with van der Waals surface area (Å²) in [6.07, 6.45) is 2.45. The number of nitrogens with zero attached hydrogens (tertiary/aromatic N) is 10. The van der Waals surface area contributed by atoms with Crippen molar-refractivity contribution in [3.8, 4) is 0 Å². The van der Waals surface area contributed by atoms with E-state index in [1.807, 2.05) is 19.6 Å². The van der Waals surface area contributed by atoms with E-state index < -0.39 is 47.2 Å². The fourth-order valence-electron chi connectivity index (χ4n) is 9.54. The van der Waals surface area contributed by atoms with Gasteiger partial charge in [-0.25, -0.2) is 13.6 Å². The highest BCUT2D eigenvalue weighted by Gasteiger charge is 2.46. The maximum Gasteiger partial charge on any atom is 0.320 e. The maximum atomic E-state index is 15.8. The lowest BCUT2D eigenvalue weighted by Gasteiger charge is -2.37. The van der Waals surface area contributed by atoms with Crippen LogP contribution in [0.5, 0.6) is 0 Å². The number of aromatic nitrogens is 3. The van der Waals surface area contributed by atoms with Crippen LogP contribution < -0.4 is 31.1 Å². The van der Waals surface area contributed by atoms with Gasteiger partial charge in [-0.3, -0.25) is 39.1 Å². The third kappa shape index (κ3) is 7.68. The summed E-state index contributed by atoms with van der Waals surface area (Å²) in [5.74, 6) is -4.05. The van der Waals surface area contributed by atoms with Crippen molar-refractivity contribution in [1.82, 2.24) is 40.1 Å².